The van der Waals surface area contributed by atoms with Gasteiger partial charge in [0.2, 0.25) is 0 Å². The lowest BCUT2D eigenvalue weighted by molar-refractivity contribution is -0.131. The number of aryl methyl sites for hydroxylation is 1. The first-order chi connectivity index (χ1) is 13.4. The summed E-state index contributed by atoms with van der Waals surface area (Å²) in [4.78, 5) is 38.3. The van der Waals surface area contributed by atoms with Crippen LogP contribution in [0, 0.1) is 5.82 Å². The Labute approximate surface area is 159 Å². The van der Waals surface area contributed by atoms with Gasteiger partial charge in [-0.1, -0.05) is 24.3 Å². The molecule has 1 aliphatic rings. The number of halogens is 1. The number of para-hydroxylation sites is 2. The summed E-state index contributed by atoms with van der Waals surface area (Å²) in [5.74, 6) is -1.30. The maximum atomic E-state index is 13.2. The van der Waals surface area contributed by atoms with Crippen molar-refractivity contribution in [3.05, 3.63) is 70.5 Å². The molecule has 8 heteroatoms. The van der Waals surface area contributed by atoms with Crippen LogP contribution in [0.4, 0.5) is 9.18 Å². The first-order valence-corrected chi connectivity index (χ1v) is 8.89. The molecule has 1 saturated heterocycles. The third kappa shape index (κ3) is 2.87. The molecule has 1 unspecified atom stereocenters. The number of rotatable bonds is 5. The van der Waals surface area contributed by atoms with E-state index in [1.807, 2.05) is 0 Å². The maximum absolute atomic E-state index is 13.2. The van der Waals surface area contributed by atoms with E-state index < -0.39 is 29.1 Å². The van der Waals surface area contributed by atoms with Crippen molar-refractivity contribution < 1.29 is 18.4 Å². The first kappa shape index (κ1) is 18.0. The molecule has 0 radical (unpaired) electrons. The van der Waals surface area contributed by atoms with Crippen LogP contribution in [0.1, 0.15) is 18.9 Å². The van der Waals surface area contributed by atoms with E-state index in [-0.39, 0.29) is 6.54 Å². The van der Waals surface area contributed by atoms with Crippen LogP contribution in [0.5, 0.6) is 0 Å². The van der Waals surface area contributed by atoms with E-state index in [1.165, 1.54) is 28.8 Å². The van der Waals surface area contributed by atoms with Crippen LogP contribution in [-0.4, -0.2) is 28.0 Å². The summed E-state index contributed by atoms with van der Waals surface area (Å²) in [5.41, 5.74) is 0.420. The number of benzene rings is 2. The van der Waals surface area contributed by atoms with Gasteiger partial charge in [0, 0.05) is 13.1 Å². The van der Waals surface area contributed by atoms with Gasteiger partial charge in [0.25, 0.3) is 5.91 Å². The molecule has 2 aromatic carbocycles. The van der Waals surface area contributed by atoms with Crippen LogP contribution in [-0.2, 0) is 16.9 Å². The Morgan fingerprint density at radius 2 is 1.75 bits per heavy atom. The Kier molecular flexibility index (Phi) is 4.26. The number of aromatic nitrogens is 1. The highest BCUT2D eigenvalue weighted by Crippen LogP contribution is 2.29. The predicted octanol–water partition coefficient (Wildman–Crippen LogP) is 2.59. The fraction of sp³-hybridized carbons (Fsp3) is 0.250. The summed E-state index contributed by atoms with van der Waals surface area (Å²) in [5, 5.41) is 2.68. The molecule has 0 bridgehead atoms. The van der Waals surface area contributed by atoms with E-state index in [4.69, 9.17) is 4.42 Å². The normalized spacial score (nSPS) is 19.4. The van der Waals surface area contributed by atoms with Crippen LogP contribution in [0.3, 0.4) is 0 Å². The van der Waals surface area contributed by atoms with E-state index in [2.05, 4.69) is 5.32 Å². The Balaban J connectivity index is 1.49. The minimum absolute atomic E-state index is 0.146. The number of nitrogens with one attached hydrogen (secondary N) is 1. The lowest BCUT2D eigenvalue weighted by atomic mass is 9.92. The van der Waals surface area contributed by atoms with Crippen LogP contribution < -0.4 is 11.1 Å². The molecule has 1 aliphatic heterocycles. The zero-order valence-electron chi connectivity index (χ0n) is 15.1. The van der Waals surface area contributed by atoms with Gasteiger partial charge in [-0.25, -0.2) is 14.0 Å². The van der Waals surface area contributed by atoms with E-state index in [0.717, 1.165) is 4.90 Å². The number of imide groups is 1. The summed E-state index contributed by atoms with van der Waals surface area (Å²) in [6, 6.07) is 12.0. The smallest absolute Gasteiger partial charge is 0.408 e. The number of carbonyl (C=O) groups excluding carboxylic acids is 2. The molecule has 4 rings (SSSR count). The number of fused-ring (bicyclic) bond motifs is 1. The van der Waals surface area contributed by atoms with Gasteiger partial charge in [-0.2, -0.15) is 0 Å². The van der Waals surface area contributed by atoms with Crippen molar-refractivity contribution >= 4 is 23.0 Å². The van der Waals surface area contributed by atoms with Gasteiger partial charge in [0.1, 0.15) is 11.4 Å². The van der Waals surface area contributed by atoms with Gasteiger partial charge in [-0.3, -0.25) is 14.3 Å². The highest BCUT2D eigenvalue weighted by molar-refractivity contribution is 6.07. The molecule has 144 valence electrons. The Morgan fingerprint density at radius 3 is 2.50 bits per heavy atom. The highest BCUT2D eigenvalue weighted by Gasteiger charge is 2.48. The van der Waals surface area contributed by atoms with Crippen molar-refractivity contribution in [1.82, 2.24) is 14.8 Å². The SMILES string of the molecule is CC1(c2ccc(F)cc2)NC(=O)N(CCCn2c(=O)oc3ccccc32)C1=O. The van der Waals surface area contributed by atoms with Gasteiger partial charge in [-0.15, -0.1) is 0 Å². The molecule has 7 nitrogen and oxygen atoms in total. The number of amides is 3. The summed E-state index contributed by atoms with van der Waals surface area (Å²) < 4.78 is 19.8. The molecule has 2 heterocycles. The number of oxazole rings is 1. The Morgan fingerprint density at radius 1 is 1.04 bits per heavy atom. The van der Waals surface area contributed by atoms with Crippen LogP contribution >= 0.6 is 0 Å². The lowest BCUT2D eigenvalue weighted by Gasteiger charge is -2.22. The average Bonchev–Trinajstić information content (AvgIpc) is 3.10. The fourth-order valence-corrected chi connectivity index (χ4v) is 3.49. The minimum Gasteiger partial charge on any atom is -0.408 e. The zero-order valence-corrected chi connectivity index (χ0v) is 15.1. The summed E-state index contributed by atoms with van der Waals surface area (Å²) in [6.45, 7) is 2.04. The van der Waals surface area contributed by atoms with Crippen LogP contribution in [0.25, 0.3) is 11.1 Å². The standard InChI is InChI=1S/C20H18FN3O4/c1-20(13-7-9-14(21)10-8-13)17(25)24(18(26)22-20)12-4-11-23-15-5-2-3-6-16(15)28-19(23)27/h2-3,5-10H,4,11-12H2,1H3,(H,22,26). The molecular weight excluding hydrogens is 365 g/mol. The molecule has 1 N–H and O–H groups in total. The number of urea groups is 1. The molecule has 0 spiro atoms. The third-order valence-electron chi connectivity index (χ3n) is 5.03. The zero-order chi connectivity index (χ0) is 19.9. The van der Waals surface area contributed by atoms with Crippen LogP contribution in [0.15, 0.2) is 57.7 Å². The quantitative estimate of drug-likeness (QED) is 0.687. The van der Waals surface area contributed by atoms with E-state index in [9.17, 15) is 18.8 Å². The largest absolute Gasteiger partial charge is 0.419 e. The van der Waals surface area contributed by atoms with Gasteiger partial charge < -0.3 is 9.73 Å². The number of hydrogen-bond donors (Lipinski definition) is 1. The molecule has 1 atom stereocenters. The molecule has 28 heavy (non-hydrogen) atoms. The maximum Gasteiger partial charge on any atom is 0.419 e. The second-order valence-corrected chi connectivity index (χ2v) is 6.86. The van der Waals surface area contributed by atoms with Crippen molar-refractivity contribution in [1.29, 1.82) is 0 Å². The first-order valence-electron chi connectivity index (χ1n) is 8.89. The van der Waals surface area contributed by atoms with Crippen molar-refractivity contribution in [3.8, 4) is 0 Å². The summed E-state index contributed by atoms with van der Waals surface area (Å²) in [7, 11) is 0. The van der Waals surface area contributed by atoms with E-state index >= 15 is 0 Å². The molecular formula is C20H18FN3O4. The summed E-state index contributed by atoms with van der Waals surface area (Å²) in [6.07, 6.45) is 0.391. The van der Waals surface area contributed by atoms with Crippen molar-refractivity contribution in [2.24, 2.45) is 0 Å². The highest BCUT2D eigenvalue weighted by atomic mass is 19.1. The number of nitrogens with zero attached hydrogens (tertiary/aromatic N) is 2. The second kappa shape index (κ2) is 6.63. The Bertz CT molecular complexity index is 1120. The van der Waals surface area contributed by atoms with Gasteiger partial charge in [-0.05, 0) is 43.2 Å². The lowest BCUT2D eigenvalue weighted by Crippen LogP contribution is -2.41. The second-order valence-electron chi connectivity index (χ2n) is 6.86. The Hall–Kier alpha value is -3.42. The van der Waals surface area contributed by atoms with E-state index in [0.29, 0.717) is 29.6 Å². The molecule has 3 aromatic rings. The number of carbonyl (C=O) groups is 2. The van der Waals surface area contributed by atoms with Crippen molar-refractivity contribution in [2.75, 3.05) is 6.54 Å². The fourth-order valence-electron chi connectivity index (χ4n) is 3.49. The molecule has 0 saturated carbocycles. The van der Waals surface area contributed by atoms with Gasteiger partial charge in [0.05, 0.1) is 5.52 Å². The monoisotopic (exact) mass is 383 g/mol. The van der Waals surface area contributed by atoms with E-state index in [1.54, 1.807) is 31.2 Å². The van der Waals surface area contributed by atoms with Gasteiger partial charge in [0.15, 0.2) is 5.58 Å². The predicted molar refractivity (Wildman–Crippen MR) is 99.1 cm³/mol. The van der Waals surface area contributed by atoms with Gasteiger partial charge >= 0.3 is 11.8 Å². The molecule has 3 amide bonds. The molecule has 1 fully saturated rings. The van der Waals surface area contributed by atoms with Crippen LogP contribution in [0.2, 0.25) is 0 Å². The molecule has 1 aromatic heterocycles. The van der Waals surface area contributed by atoms with Crippen molar-refractivity contribution in [2.45, 2.75) is 25.4 Å². The summed E-state index contributed by atoms with van der Waals surface area (Å²) >= 11 is 0. The van der Waals surface area contributed by atoms with Crippen molar-refractivity contribution in [3.63, 3.8) is 0 Å². The molecule has 0 aliphatic carbocycles. The average molecular weight is 383 g/mol. The topological polar surface area (TPSA) is 84.6 Å². The third-order valence-corrected chi connectivity index (χ3v) is 5.03. The number of hydrogen-bond acceptors (Lipinski definition) is 4. The minimum atomic E-state index is -1.25.